The molecule has 2 aromatic rings. The van der Waals surface area contributed by atoms with Crippen molar-refractivity contribution in [3.8, 4) is 5.75 Å². The molecule has 0 aliphatic carbocycles. The Morgan fingerprint density at radius 3 is 2.85 bits per heavy atom. The summed E-state index contributed by atoms with van der Waals surface area (Å²) in [6, 6.07) is 7.28. The fourth-order valence-electron chi connectivity index (χ4n) is 1.11. The molecule has 2 rings (SSSR count). The zero-order chi connectivity index (χ0) is 9.26. The molecule has 0 aliphatic heterocycles. The van der Waals surface area contributed by atoms with E-state index in [1.807, 2.05) is 12.1 Å². The molecule has 0 amide bonds. The maximum absolute atomic E-state index is 5.45. The Morgan fingerprint density at radius 2 is 2.08 bits per heavy atom. The van der Waals surface area contributed by atoms with Gasteiger partial charge in [0, 0.05) is 11.5 Å². The minimum atomic E-state index is -0.854. The molecule has 0 saturated heterocycles. The lowest BCUT2D eigenvalue weighted by molar-refractivity contribution is 0.354. The smallest absolute Gasteiger partial charge is 0.247 e. The Kier molecular flexibility index (Phi) is 2.34. The van der Waals surface area contributed by atoms with Gasteiger partial charge >= 0.3 is 0 Å². The summed E-state index contributed by atoms with van der Waals surface area (Å²) >= 11 is 10.9. The van der Waals surface area contributed by atoms with E-state index in [0.717, 1.165) is 11.0 Å². The number of fused-ring (bicyclic) bond motifs is 1. The predicted molar refractivity (Wildman–Crippen MR) is 52.3 cm³/mol. The molecular formula is C9H6Cl2O2. The zero-order valence-corrected chi connectivity index (χ0v) is 8.05. The first-order valence-electron chi connectivity index (χ1n) is 3.68. The van der Waals surface area contributed by atoms with Crippen LogP contribution in [0.15, 0.2) is 34.9 Å². The highest BCUT2D eigenvalue weighted by atomic mass is 35.5. The van der Waals surface area contributed by atoms with E-state index in [4.69, 9.17) is 32.4 Å². The Labute approximate surface area is 85.0 Å². The number of furan rings is 1. The fourth-order valence-corrected chi connectivity index (χ4v) is 1.32. The van der Waals surface area contributed by atoms with Crippen LogP contribution in [0, 0.1) is 0 Å². The van der Waals surface area contributed by atoms with Gasteiger partial charge in [0.15, 0.2) is 0 Å². The predicted octanol–water partition coefficient (Wildman–Crippen LogP) is 3.57. The molecule has 4 heteroatoms. The Morgan fingerprint density at radius 1 is 1.23 bits per heavy atom. The number of hydrogen-bond acceptors (Lipinski definition) is 2. The third-order valence-corrected chi connectivity index (χ3v) is 1.83. The van der Waals surface area contributed by atoms with Crippen molar-refractivity contribution in [3.05, 3.63) is 30.5 Å². The van der Waals surface area contributed by atoms with Crippen molar-refractivity contribution in [2.75, 3.05) is 0 Å². The van der Waals surface area contributed by atoms with Crippen molar-refractivity contribution in [3.63, 3.8) is 0 Å². The van der Waals surface area contributed by atoms with Crippen molar-refractivity contribution >= 4 is 34.2 Å². The number of alkyl halides is 2. The maximum Gasteiger partial charge on any atom is 0.247 e. The van der Waals surface area contributed by atoms with Gasteiger partial charge in [-0.25, -0.2) is 0 Å². The number of ether oxygens (including phenoxy) is 1. The van der Waals surface area contributed by atoms with Crippen LogP contribution in [0.5, 0.6) is 5.75 Å². The number of rotatable bonds is 2. The van der Waals surface area contributed by atoms with Crippen LogP contribution in [-0.4, -0.2) is 5.02 Å². The molecule has 1 aromatic heterocycles. The first-order chi connectivity index (χ1) is 6.25. The van der Waals surface area contributed by atoms with Gasteiger partial charge in [-0.1, -0.05) is 23.2 Å². The van der Waals surface area contributed by atoms with Gasteiger partial charge in [0.1, 0.15) is 11.3 Å². The second-order valence-electron chi connectivity index (χ2n) is 2.50. The highest BCUT2D eigenvalue weighted by Gasteiger charge is 2.03. The summed E-state index contributed by atoms with van der Waals surface area (Å²) in [6.45, 7) is 0. The van der Waals surface area contributed by atoms with Gasteiger partial charge in [0.05, 0.1) is 6.26 Å². The number of halogens is 2. The lowest BCUT2D eigenvalue weighted by Gasteiger charge is -2.04. The second-order valence-corrected chi connectivity index (χ2v) is 3.51. The van der Waals surface area contributed by atoms with Crippen LogP contribution < -0.4 is 4.74 Å². The highest BCUT2D eigenvalue weighted by Crippen LogP contribution is 2.23. The van der Waals surface area contributed by atoms with E-state index in [-0.39, 0.29) is 0 Å². The molecule has 0 unspecified atom stereocenters. The van der Waals surface area contributed by atoms with E-state index >= 15 is 0 Å². The maximum atomic E-state index is 5.45. The van der Waals surface area contributed by atoms with Gasteiger partial charge in [-0.15, -0.1) is 0 Å². The van der Waals surface area contributed by atoms with Gasteiger partial charge in [-0.05, 0) is 18.2 Å². The Balaban J connectivity index is 2.37. The van der Waals surface area contributed by atoms with Crippen LogP contribution in [0.1, 0.15) is 0 Å². The minimum absolute atomic E-state index is 0.595. The van der Waals surface area contributed by atoms with Gasteiger partial charge in [0.25, 0.3) is 0 Å². The lowest BCUT2D eigenvalue weighted by atomic mass is 10.2. The summed E-state index contributed by atoms with van der Waals surface area (Å²) in [6.07, 6.45) is 1.62. The normalized spacial score (nSPS) is 11.0. The molecule has 0 radical (unpaired) electrons. The van der Waals surface area contributed by atoms with Gasteiger partial charge in [0.2, 0.25) is 5.02 Å². The summed E-state index contributed by atoms with van der Waals surface area (Å²) in [5.74, 6) is 0.595. The van der Waals surface area contributed by atoms with Crippen molar-refractivity contribution in [2.45, 2.75) is 5.02 Å². The molecule has 0 saturated carbocycles. The summed E-state index contributed by atoms with van der Waals surface area (Å²) in [5, 5.41) is 0.167. The van der Waals surface area contributed by atoms with Crippen molar-refractivity contribution in [1.29, 1.82) is 0 Å². The van der Waals surface area contributed by atoms with Crippen LogP contribution >= 0.6 is 23.2 Å². The molecule has 0 fully saturated rings. The number of hydrogen-bond donors (Lipinski definition) is 0. The standard InChI is InChI=1S/C9H6Cl2O2/c10-9(11)13-7-2-1-6-3-4-12-8(6)5-7/h1-5,9H. The molecule has 13 heavy (non-hydrogen) atoms. The molecule has 1 aromatic carbocycles. The molecular weight excluding hydrogens is 211 g/mol. The van der Waals surface area contributed by atoms with Crippen LogP contribution in [0.4, 0.5) is 0 Å². The fraction of sp³-hybridized carbons (Fsp3) is 0.111. The van der Waals surface area contributed by atoms with Crippen molar-refractivity contribution in [1.82, 2.24) is 0 Å². The Bertz CT molecular complexity index is 409. The molecule has 2 nitrogen and oxygen atoms in total. The Hall–Kier alpha value is -0.860. The molecule has 0 atom stereocenters. The molecule has 0 aliphatic rings. The molecule has 0 N–H and O–H groups in total. The molecule has 0 bridgehead atoms. The molecule has 68 valence electrons. The average molecular weight is 217 g/mol. The molecule has 0 spiro atoms. The van der Waals surface area contributed by atoms with E-state index < -0.39 is 5.02 Å². The second kappa shape index (κ2) is 3.48. The highest BCUT2D eigenvalue weighted by molar-refractivity contribution is 6.43. The summed E-state index contributed by atoms with van der Waals surface area (Å²) in [4.78, 5) is 0. The lowest BCUT2D eigenvalue weighted by Crippen LogP contribution is -1.98. The van der Waals surface area contributed by atoms with E-state index in [0.29, 0.717) is 5.75 Å². The van der Waals surface area contributed by atoms with Crippen LogP contribution in [-0.2, 0) is 0 Å². The molecule has 1 heterocycles. The third kappa shape index (κ3) is 1.90. The first-order valence-corrected chi connectivity index (χ1v) is 4.55. The van der Waals surface area contributed by atoms with E-state index in [1.54, 1.807) is 18.4 Å². The van der Waals surface area contributed by atoms with Crippen molar-refractivity contribution in [2.24, 2.45) is 0 Å². The van der Waals surface area contributed by atoms with E-state index in [2.05, 4.69) is 0 Å². The minimum Gasteiger partial charge on any atom is -0.464 e. The van der Waals surface area contributed by atoms with Gasteiger partial charge < -0.3 is 9.15 Å². The number of benzene rings is 1. The van der Waals surface area contributed by atoms with E-state index in [1.165, 1.54) is 0 Å². The van der Waals surface area contributed by atoms with Gasteiger partial charge in [-0.2, -0.15) is 0 Å². The van der Waals surface area contributed by atoms with E-state index in [9.17, 15) is 0 Å². The third-order valence-electron chi connectivity index (χ3n) is 1.65. The average Bonchev–Trinajstić information content (AvgIpc) is 2.49. The monoisotopic (exact) mass is 216 g/mol. The van der Waals surface area contributed by atoms with Crippen LogP contribution in [0.25, 0.3) is 11.0 Å². The quantitative estimate of drug-likeness (QED) is 0.717. The van der Waals surface area contributed by atoms with Crippen LogP contribution in [0.3, 0.4) is 0 Å². The topological polar surface area (TPSA) is 22.4 Å². The van der Waals surface area contributed by atoms with Crippen molar-refractivity contribution < 1.29 is 9.15 Å². The zero-order valence-electron chi connectivity index (χ0n) is 6.54. The summed E-state index contributed by atoms with van der Waals surface area (Å²) < 4.78 is 10.2. The largest absolute Gasteiger partial charge is 0.464 e. The first kappa shape index (κ1) is 8.73. The van der Waals surface area contributed by atoms with Crippen LogP contribution in [0.2, 0.25) is 0 Å². The summed E-state index contributed by atoms with van der Waals surface area (Å²) in [5.41, 5.74) is 0.756. The van der Waals surface area contributed by atoms with Gasteiger partial charge in [-0.3, -0.25) is 0 Å². The SMILES string of the molecule is ClC(Cl)Oc1ccc2ccoc2c1. The summed E-state index contributed by atoms with van der Waals surface area (Å²) in [7, 11) is 0.